The van der Waals surface area contributed by atoms with E-state index in [0.29, 0.717) is 5.41 Å². The minimum atomic E-state index is 0.226. The summed E-state index contributed by atoms with van der Waals surface area (Å²) in [7, 11) is 0. The summed E-state index contributed by atoms with van der Waals surface area (Å²) >= 11 is 4.79. The maximum absolute atomic E-state index is 4.79. The van der Waals surface area contributed by atoms with Crippen molar-refractivity contribution in [3.05, 3.63) is 11.1 Å². The summed E-state index contributed by atoms with van der Waals surface area (Å²) in [4.78, 5) is 0. The molecule has 0 N–H and O–H groups in total. The van der Waals surface area contributed by atoms with E-state index in [4.69, 9.17) is 12.6 Å². The van der Waals surface area contributed by atoms with Gasteiger partial charge in [0, 0.05) is 4.75 Å². The lowest BCUT2D eigenvalue weighted by atomic mass is 9.66. The Balaban J connectivity index is 2.12. The van der Waals surface area contributed by atoms with Crippen molar-refractivity contribution in [2.45, 2.75) is 65.6 Å². The van der Waals surface area contributed by atoms with Gasteiger partial charge in [-0.25, -0.2) is 0 Å². The molecule has 0 saturated carbocycles. The SMILES string of the molecule is CC(C)C(C1CC2=C(C1)C(C)(S)C2)C(C)(C)C. The van der Waals surface area contributed by atoms with Crippen LogP contribution in [0.2, 0.25) is 0 Å². The van der Waals surface area contributed by atoms with Gasteiger partial charge in [-0.1, -0.05) is 45.8 Å². The van der Waals surface area contributed by atoms with Crippen molar-refractivity contribution < 1.29 is 0 Å². The Kier molecular flexibility index (Phi) is 3.22. The Morgan fingerprint density at radius 1 is 1.24 bits per heavy atom. The number of thiol groups is 1. The lowest BCUT2D eigenvalue weighted by molar-refractivity contribution is 0.110. The van der Waals surface area contributed by atoms with Gasteiger partial charge in [0.25, 0.3) is 0 Å². The Labute approximate surface area is 113 Å². The highest BCUT2D eigenvalue weighted by Crippen LogP contribution is 2.57. The van der Waals surface area contributed by atoms with E-state index in [1.165, 1.54) is 19.3 Å². The van der Waals surface area contributed by atoms with E-state index in [1.807, 2.05) is 0 Å². The predicted molar refractivity (Wildman–Crippen MR) is 79.5 cm³/mol. The largest absolute Gasteiger partial charge is 0.168 e. The zero-order chi connectivity index (χ0) is 13.0. The molecule has 0 nitrogen and oxygen atoms in total. The molecule has 98 valence electrons. The predicted octanol–water partition coefficient (Wildman–Crippen LogP) is 5.10. The molecule has 0 aromatic heterocycles. The first-order valence-electron chi connectivity index (χ1n) is 7.06. The highest BCUT2D eigenvalue weighted by Gasteiger charge is 2.47. The zero-order valence-electron chi connectivity index (χ0n) is 12.3. The summed E-state index contributed by atoms with van der Waals surface area (Å²) in [5.74, 6) is 2.48. The molecule has 0 heterocycles. The first kappa shape index (κ1) is 13.5. The van der Waals surface area contributed by atoms with E-state index >= 15 is 0 Å². The second-order valence-electron chi connectivity index (χ2n) is 7.84. The van der Waals surface area contributed by atoms with Crippen molar-refractivity contribution >= 4 is 12.6 Å². The van der Waals surface area contributed by atoms with Gasteiger partial charge in [0.1, 0.15) is 0 Å². The quantitative estimate of drug-likeness (QED) is 0.513. The van der Waals surface area contributed by atoms with Gasteiger partial charge in [0.2, 0.25) is 0 Å². The molecule has 0 saturated heterocycles. The summed E-state index contributed by atoms with van der Waals surface area (Å²) in [6, 6.07) is 0. The highest BCUT2D eigenvalue weighted by atomic mass is 32.1. The molecule has 2 aliphatic rings. The first-order chi connectivity index (χ1) is 7.63. The van der Waals surface area contributed by atoms with Crippen LogP contribution < -0.4 is 0 Å². The summed E-state index contributed by atoms with van der Waals surface area (Å²) < 4.78 is 0.226. The monoisotopic (exact) mass is 252 g/mol. The fourth-order valence-corrected chi connectivity index (χ4v) is 5.06. The molecular weight excluding hydrogens is 224 g/mol. The fraction of sp³-hybridized carbons (Fsp3) is 0.875. The number of rotatable bonds is 2. The number of hydrogen-bond donors (Lipinski definition) is 1. The molecule has 0 aromatic rings. The second-order valence-corrected chi connectivity index (χ2v) is 8.82. The Bertz CT molecular complexity index is 341. The molecule has 0 fully saturated rings. The van der Waals surface area contributed by atoms with E-state index in [0.717, 1.165) is 17.8 Å². The second kappa shape index (κ2) is 4.05. The van der Waals surface area contributed by atoms with Crippen molar-refractivity contribution in [1.29, 1.82) is 0 Å². The molecule has 1 heteroatoms. The molecule has 2 rings (SSSR count). The third-order valence-electron chi connectivity index (χ3n) is 4.84. The van der Waals surface area contributed by atoms with Gasteiger partial charge in [-0.3, -0.25) is 0 Å². The van der Waals surface area contributed by atoms with Crippen LogP contribution >= 0.6 is 12.6 Å². The van der Waals surface area contributed by atoms with Crippen LogP contribution in [0, 0.1) is 23.2 Å². The maximum Gasteiger partial charge on any atom is 0.0349 e. The minimum absolute atomic E-state index is 0.226. The van der Waals surface area contributed by atoms with Gasteiger partial charge in [-0.2, -0.15) is 12.6 Å². The van der Waals surface area contributed by atoms with E-state index in [9.17, 15) is 0 Å². The highest BCUT2D eigenvalue weighted by molar-refractivity contribution is 7.82. The van der Waals surface area contributed by atoms with Gasteiger partial charge < -0.3 is 0 Å². The number of allylic oxidation sites excluding steroid dienone is 1. The van der Waals surface area contributed by atoms with Crippen molar-refractivity contribution in [3.63, 3.8) is 0 Å². The summed E-state index contributed by atoms with van der Waals surface area (Å²) in [5.41, 5.74) is 3.85. The van der Waals surface area contributed by atoms with E-state index in [1.54, 1.807) is 11.1 Å². The maximum atomic E-state index is 4.79. The zero-order valence-corrected chi connectivity index (χ0v) is 13.2. The fourth-order valence-electron chi connectivity index (χ4n) is 4.62. The lowest BCUT2D eigenvalue weighted by Crippen LogP contribution is -2.32. The van der Waals surface area contributed by atoms with Crippen molar-refractivity contribution in [2.24, 2.45) is 23.2 Å². The molecule has 3 unspecified atom stereocenters. The molecule has 0 bridgehead atoms. The summed E-state index contributed by atoms with van der Waals surface area (Å²) in [6.45, 7) is 14.3. The molecule has 0 radical (unpaired) electrons. The van der Waals surface area contributed by atoms with Gasteiger partial charge in [0.15, 0.2) is 0 Å². The molecule has 2 aliphatic carbocycles. The van der Waals surface area contributed by atoms with Gasteiger partial charge in [0.05, 0.1) is 0 Å². The van der Waals surface area contributed by atoms with Crippen LogP contribution in [0.5, 0.6) is 0 Å². The first-order valence-corrected chi connectivity index (χ1v) is 7.51. The van der Waals surface area contributed by atoms with Crippen LogP contribution in [-0.2, 0) is 0 Å². The molecule has 3 atom stereocenters. The third kappa shape index (κ3) is 2.32. The van der Waals surface area contributed by atoms with Crippen LogP contribution in [-0.4, -0.2) is 4.75 Å². The molecule has 0 aromatic carbocycles. The smallest absolute Gasteiger partial charge is 0.0349 e. The third-order valence-corrected chi connectivity index (χ3v) is 5.26. The Morgan fingerprint density at radius 3 is 2.18 bits per heavy atom. The van der Waals surface area contributed by atoms with Crippen LogP contribution in [0.25, 0.3) is 0 Å². The average molecular weight is 252 g/mol. The molecule has 17 heavy (non-hydrogen) atoms. The van der Waals surface area contributed by atoms with Gasteiger partial charge in [-0.05, 0) is 49.4 Å². The molecule has 0 amide bonds. The molecule has 0 aliphatic heterocycles. The lowest BCUT2D eigenvalue weighted by Gasteiger charge is -2.39. The normalized spacial score (nSPS) is 34.9. The topological polar surface area (TPSA) is 0 Å². The van der Waals surface area contributed by atoms with E-state index in [2.05, 4.69) is 41.5 Å². The summed E-state index contributed by atoms with van der Waals surface area (Å²) in [6.07, 6.45) is 3.90. The van der Waals surface area contributed by atoms with Crippen LogP contribution in [0.4, 0.5) is 0 Å². The molecular formula is C16H28S. The minimum Gasteiger partial charge on any atom is -0.168 e. The summed E-state index contributed by atoms with van der Waals surface area (Å²) in [5, 5.41) is 0. The van der Waals surface area contributed by atoms with Crippen molar-refractivity contribution in [2.75, 3.05) is 0 Å². The van der Waals surface area contributed by atoms with Gasteiger partial charge >= 0.3 is 0 Å². The number of hydrogen-bond acceptors (Lipinski definition) is 1. The van der Waals surface area contributed by atoms with E-state index in [-0.39, 0.29) is 4.75 Å². The van der Waals surface area contributed by atoms with Crippen molar-refractivity contribution in [1.82, 2.24) is 0 Å². The van der Waals surface area contributed by atoms with Crippen LogP contribution in [0.1, 0.15) is 60.8 Å². The van der Waals surface area contributed by atoms with Crippen molar-refractivity contribution in [3.8, 4) is 0 Å². The molecule has 0 spiro atoms. The van der Waals surface area contributed by atoms with Crippen LogP contribution in [0.3, 0.4) is 0 Å². The average Bonchev–Trinajstić information content (AvgIpc) is 2.41. The standard InChI is InChI=1S/C16H28S/c1-10(2)14(15(3,4)5)11-7-12-9-16(6,17)13(12)8-11/h10-11,14,17H,7-9H2,1-6H3. The Hall–Kier alpha value is 0.0900. The van der Waals surface area contributed by atoms with Gasteiger partial charge in [-0.15, -0.1) is 0 Å². The van der Waals surface area contributed by atoms with E-state index < -0.39 is 0 Å². The van der Waals surface area contributed by atoms with Crippen LogP contribution in [0.15, 0.2) is 11.1 Å². The Morgan fingerprint density at radius 2 is 1.82 bits per heavy atom.